The van der Waals surface area contributed by atoms with E-state index in [1.165, 1.54) is 4.90 Å². The van der Waals surface area contributed by atoms with E-state index >= 15 is 0 Å². The maximum atomic E-state index is 12.2. The SMILES string of the molecule is O=C1OCN(C(=O)OCc2ccccc2)[C@@H]1Cc1ccccc1. The maximum absolute atomic E-state index is 12.2. The van der Waals surface area contributed by atoms with Gasteiger partial charge in [-0.25, -0.2) is 9.59 Å². The lowest BCUT2D eigenvalue weighted by molar-refractivity contribution is -0.139. The number of esters is 1. The van der Waals surface area contributed by atoms with Gasteiger partial charge in [0.15, 0.2) is 6.73 Å². The van der Waals surface area contributed by atoms with Gasteiger partial charge in [-0.05, 0) is 11.1 Å². The zero-order chi connectivity index (χ0) is 16.1. The predicted octanol–water partition coefficient (Wildman–Crippen LogP) is 2.75. The average Bonchev–Trinajstić information content (AvgIpc) is 2.95. The maximum Gasteiger partial charge on any atom is 0.413 e. The summed E-state index contributed by atoms with van der Waals surface area (Å²) >= 11 is 0. The molecule has 2 aromatic rings. The third kappa shape index (κ3) is 3.69. The van der Waals surface area contributed by atoms with Gasteiger partial charge in [0, 0.05) is 6.42 Å². The fourth-order valence-corrected chi connectivity index (χ4v) is 2.46. The van der Waals surface area contributed by atoms with E-state index in [2.05, 4.69) is 0 Å². The zero-order valence-corrected chi connectivity index (χ0v) is 12.6. The first kappa shape index (κ1) is 15.1. The summed E-state index contributed by atoms with van der Waals surface area (Å²) in [6.07, 6.45) is -0.124. The molecule has 5 nitrogen and oxygen atoms in total. The Labute approximate surface area is 134 Å². The van der Waals surface area contributed by atoms with E-state index < -0.39 is 18.1 Å². The van der Waals surface area contributed by atoms with Crippen LogP contribution in [0, 0.1) is 0 Å². The van der Waals surface area contributed by atoms with Crippen molar-refractivity contribution >= 4 is 12.1 Å². The van der Waals surface area contributed by atoms with E-state index in [4.69, 9.17) is 9.47 Å². The van der Waals surface area contributed by atoms with Crippen LogP contribution in [0.5, 0.6) is 0 Å². The van der Waals surface area contributed by atoms with Crippen molar-refractivity contribution < 1.29 is 19.1 Å². The van der Waals surface area contributed by atoms with Gasteiger partial charge < -0.3 is 9.47 Å². The molecule has 0 bridgehead atoms. The lowest BCUT2D eigenvalue weighted by Crippen LogP contribution is -2.39. The summed E-state index contributed by atoms with van der Waals surface area (Å²) in [7, 11) is 0. The Morgan fingerprint density at radius 1 is 1.04 bits per heavy atom. The van der Waals surface area contributed by atoms with Crippen molar-refractivity contribution in [3.8, 4) is 0 Å². The first-order chi connectivity index (χ1) is 11.2. The summed E-state index contributed by atoms with van der Waals surface area (Å²) < 4.78 is 10.3. The summed E-state index contributed by atoms with van der Waals surface area (Å²) in [5, 5.41) is 0. The third-order valence-electron chi connectivity index (χ3n) is 3.71. The number of rotatable bonds is 4. The monoisotopic (exact) mass is 311 g/mol. The van der Waals surface area contributed by atoms with Crippen LogP contribution in [-0.2, 0) is 27.3 Å². The van der Waals surface area contributed by atoms with Crippen LogP contribution in [0.15, 0.2) is 60.7 Å². The van der Waals surface area contributed by atoms with Crippen molar-refractivity contribution in [1.29, 1.82) is 0 Å². The summed E-state index contributed by atoms with van der Waals surface area (Å²) in [6, 6.07) is 18.3. The summed E-state index contributed by atoms with van der Waals surface area (Å²) in [5.41, 5.74) is 1.86. The van der Waals surface area contributed by atoms with E-state index in [1.54, 1.807) is 0 Å². The lowest BCUT2D eigenvalue weighted by atomic mass is 10.1. The Balaban J connectivity index is 1.63. The Morgan fingerprint density at radius 2 is 1.65 bits per heavy atom. The highest BCUT2D eigenvalue weighted by atomic mass is 16.6. The molecule has 1 aliphatic heterocycles. The van der Waals surface area contributed by atoms with E-state index in [9.17, 15) is 9.59 Å². The van der Waals surface area contributed by atoms with Crippen molar-refractivity contribution in [3.05, 3.63) is 71.8 Å². The van der Waals surface area contributed by atoms with Crippen molar-refractivity contribution in [2.45, 2.75) is 19.1 Å². The van der Waals surface area contributed by atoms with Crippen LogP contribution in [0.3, 0.4) is 0 Å². The number of carbonyl (C=O) groups is 2. The molecule has 5 heteroatoms. The lowest BCUT2D eigenvalue weighted by Gasteiger charge is -2.19. The largest absolute Gasteiger partial charge is 0.444 e. The van der Waals surface area contributed by atoms with Crippen LogP contribution in [0.4, 0.5) is 4.79 Å². The normalized spacial score (nSPS) is 17.0. The molecule has 0 spiro atoms. The smallest absolute Gasteiger partial charge is 0.413 e. The number of amides is 1. The van der Waals surface area contributed by atoms with Gasteiger partial charge in [0.1, 0.15) is 12.6 Å². The Morgan fingerprint density at radius 3 is 2.30 bits per heavy atom. The van der Waals surface area contributed by atoms with E-state index in [0.717, 1.165) is 11.1 Å². The molecule has 0 unspecified atom stereocenters. The van der Waals surface area contributed by atoms with Crippen molar-refractivity contribution in [2.24, 2.45) is 0 Å². The Bertz CT molecular complexity index is 672. The fraction of sp³-hybridized carbons (Fsp3) is 0.222. The molecular weight excluding hydrogens is 294 g/mol. The number of hydrogen-bond acceptors (Lipinski definition) is 4. The zero-order valence-electron chi connectivity index (χ0n) is 12.6. The first-order valence-electron chi connectivity index (χ1n) is 7.42. The van der Waals surface area contributed by atoms with Gasteiger partial charge in [0.2, 0.25) is 0 Å². The molecule has 1 fully saturated rings. The van der Waals surface area contributed by atoms with Gasteiger partial charge in [-0.2, -0.15) is 0 Å². The number of hydrogen-bond donors (Lipinski definition) is 0. The summed E-state index contributed by atoms with van der Waals surface area (Å²) in [6.45, 7) is 0.104. The number of ether oxygens (including phenoxy) is 2. The number of benzene rings is 2. The molecule has 0 aliphatic carbocycles. The van der Waals surface area contributed by atoms with Crippen molar-refractivity contribution in [3.63, 3.8) is 0 Å². The highest BCUT2D eigenvalue weighted by Gasteiger charge is 2.38. The van der Waals surface area contributed by atoms with Crippen LogP contribution in [0.2, 0.25) is 0 Å². The molecule has 1 saturated heterocycles. The molecule has 1 atom stereocenters. The van der Waals surface area contributed by atoms with Gasteiger partial charge >= 0.3 is 12.1 Å². The van der Waals surface area contributed by atoms with Crippen LogP contribution >= 0.6 is 0 Å². The molecule has 0 radical (unpaired) electrons. The summed E-state index contributed by atoms with van der Waals surface area (Å²) in [4.78, 5) is 25.5. The van der Waals surface area contributed by atoms with Crippen LogP contribution in [0.25, 0.3) is 0 Å². The standard InChI is InChI=1S/C18H17NO4/c20-17-16(11-14-7-3-1-4-8-14)19(13-23-17)18(21)22-12-15-9-5-2-6-10-15/h1-10,16H,11-13H2/t16-/m1/s1. The number of cyclic esters (lactones) is 1. The molecule has 1 aliphatic rings. The number of nitrogens with zero attached hydrogens (tertiary/aromatic N) is 1. The topological polar surface area (TPSA) is 55.8 Å². The van der Waals surface area contributed by atoms with E-state index in [-0.39, 0.29) is 13.3 Å². The molecule has 1 amide bonds. The second-order valence-electron chi connectivity index (χ2n) is 5.31. The highest BCUT2D eigenvalue weighted by molar-refractivity contribution is 5.84. The molecule has 0 saturated carbocycles. The average molecular weight is 311 g/mol. The van der Waals surface area contributed by atoms with E-state index in [1.807, 2.05) is 60.7 Å². The van der Waals surface area contributed by atoms with Gasteiger partial charge in [-0.15, -0.1) is 0 Å². The molecule has 0 aromatic heterocycles. The molecule has 118 valence electrons. The molecule has 23 heavy (non-hydrogen) atoms. The van der Waals surface area contributed by atoms with Crippen molar-refractivity contribution in [1.82, 2.24) is 4.90 Å². The summed E-state index contributed by atoms with van der Waals surface area (Å²) in [5.74, 6) is -0.398. The van der Waals surface area contributed by atoms with E-state index in [0.29, 0.717) is 6.42 Å². The quantitative estimate of drug-likeness (QED) is 0.815. The molecule has 3 rings (SSSR count). The number of carbonyl (C=O) groups excluding carboxylic acids is 2. The Kier molecular flexibility index (Phi) is 4.57. The third-order valence-corrected chi connectivity index (χ3v) is 3.71. The van der Waals surface area contributed by atoms with Crippen LogP contribution in [-0.4, -0.2) is 29.7 Å². The highest BCUT2D eigenvalue weighted by Crippen LogP contribution is 2.18. The molecule has 2 aromatic carbocycles. The van der Waals surface area contributed by atoms with Gasteiger partial charge in [0.05, 0.1) is 0 Å². The minimum absolute atomic E-state index is 0.0655. The first-order valence-corrected chi connectivity index (χ1v) is 7.42. The predicted molar refractivity (Wildman–Crippen MR) is 83.4 cm³/mol. The minimum atomic E-state index is -0.638. The molecule has 0 N–H and O–H groups in total. The Hall–Kier alpha value is -2.82. The second-order valence-corrected chi connectivity index (χ2v) is 5.31. The molecule has 1 heterocycles. The van der Waals surface area contributed by atoms with Gasteiger partial charge in [0.25, 0.3) is 0 Å². The minimum Gasteiger partial charge on any atom is -0.444 e. The van der Waals surface area contributed by atoms with Crippen molar-refractivity contribution in [2.75, 3.05) is 6.73 Å². The van der Waals surface area contributed by atoms with Crippen LogP contribution < -0.4 is 0 Å². The van der Waals surface area contributed by atoms with Gasteiger partial charge in [-0.3, -0.25) is 4.90 Å². The van der Waals surface area contributed by atoms with Gasteiger partial charge in [-0.1, -0.05) is 60.7 Å². The second kappa shape index (κ2) is 6.96. The van der Waals surface area contributed by atoms with Crippen LogP contribution in [0.1, 0.15) is 11.1 Å². The fourth-order valence-electron chi connectivity index (χ4n) is 2.46. The molecular formula is C18H17NO4.